The minimum Gasteiger partial charge on any atom is -0.383 e. The van der Waals surface area contributed by atoms with Crippen LogP contribution >= 0.6 is 7.60 Å². The molecule has 2 rings (SSSR count). The molecule has 12 heteroatoms. The minimum atomic E-state index is -4.17. The second kappa shape index (κ2) is 5.91. The first-order valence-electron chi connectivity index (χ1n) is 6.41. The van der Waals surface area contributed by atoms with Crippen LogP contribution < -0.4 is 11.2 Å². The number of ether oxygens (including phenoxy) is 1. The summed E-state index contributed by atoms with van der Waals surface area (Å²) in [4.78, 5) is 33.6. The largest absolute Gasteiger partial charge is 0.383 e. The van der Waals surface area contributed by atoms with Crippen LogP contribution in [0.15, 0.2) is 21.9 Å². The molecule has 0 saturated carbocycles. The van der Waals surface area contributed by atoms with Crippen molar-refractivity contribution in [1.82, 2.24) is 9.55 Å². The monoisotopic (exact) mass is 366 g/mol. The fourth-order valence-corrected chi connectivity index (χ4v) is 2.54. The van der Waals surface area contributed by atoms with Crippen molar-refractivity contribution in [2.24, 2.45) is 0 Å². The first-order chi connectivity index (χ1) is 10.9. The minimum absolute atomic E-state index is 0.441. The number of aliphatic hydroxyl groups is 1. The number of aromatic nitrogens is 2. The Morgan fingerprint density at radius 2 is 2.21 bits per heavy atom. The zero-order valence-electron chi connectivity index (χ0n) is 12.2. The van der Waals surface area contributed by atoms with Crippen molar-refractivity contribution in [2.75, 3.05) is 13.3 Å². The summed E-state index contributed by atoms with van der Waals surface area (Å²) in [6.45, 7) is -0.577. The molecule has 0 amide bonds. The third-order valence-corrected chi connectivity index (χ3v) is 3.91. The number of hydrogen-bond acceptors (Lipinski definition) is 6. The van der Waals surface area contributed by atoms with E-state index in [0.29, 0.717) is 4.57 Å². The number of hydrogen-bond donors (Lipinski definition) is 3. The number of aromatic amines is 1. The van der Waals surface area contributed by atoms with Crippen LogP contribution in [-0.2, 0) is 13.8 Å². The summed E-state index contributed by atoms with van der Waals surface area (Å²) >= 11 is 0. The van der Waals surface area contributed by atoms with Gasteiger partial charge in [-0.15, -0.1) is 6.42 Å². The van der Waals surface area contributed by atoms with Crippen LogP contribution in [-0.4, -0.2) is 50.5 Å². The van der Waals surface area contributed by atoms with E-state index >= 15 is 0 Å². The number of terminal acetylenes is 1. The van der Waals surface area contributed by atoms with Gasteiger partial charge in [0.15, 0.2) is 12.3 Å². The summed E-state index contributed by atoms with van der Waals surface area (Å²) in [7, 11) is -4.17. The molecule has 0 aromatic carbocycles. The van der Waals surface area contributed by atoms with E-state index in [0.717, 1.165) is 18.9 Å². The second-order valence-corrected chi connectivity index (χ2v) is 7.03. The molecule has 0 spiro atoms. The molecule has 2 heterocycles. The zero-order valence-corrected chi connectivity index (χ0v) is 13.1. The smallest absolute Gasteiger partial charge is 0.330 e. The fourth-order valence-electron chi connectivity index (χ4n) is 2.13. The molecular formula is C12H13F2N2O7P. The van der Waals surface area contributed by atoms with Crippen molar-refractivity contribution in [3.63, 3.8) is 0 Å². The molecule has 24 heavy (non-hydrogen) atoms. The Kier molecular flexibility index (Phi) is 4.56. The summed E-state index contributed by atoms with van der Waals surface area (Å²) in [5.41, 5.74) is -5.18. The molecule has 9 nitrogen and oxygen atoms in total. The van der Waals surface area contributed by atoms with Gasteiger partial charge in [0.25, 0.3) is 11.4 Å². The quantitative estimate of drug-likeness (QED) is 0.473. The van der Waals surface area contributed by atoms with Gasteiger partial charge < -0.3 is 19.3 Å². The van der Waals surface area contributed by atoms with Crippen LogP contribution in [0.3, 0.4) is 0 Å². The molecular weight excluding hydrogens is 353 g/mol. The SMILES string of the molecule is C#CC1(F)C(n2ccc(=O)[nH]c2=O)OC(F)(COP(C)(=O)O)C1O. The van der Waals surface area contributed by atoms with Crippen molar-refractivity contribution in [2.45, 2.75) is 23.9 Å². The number of halogens is 2. The molecule has 3 N–H and O–H groups in total. The summed E-state index contributed by atoms with van der Waals surface area (Å²) < 4.78 is 50.2. The molecule has 5 unspecified atom stereocenters. The molecule has 5 atom stereocenters. The molecule has 0 bridgehead atoms. The van der Waals surface area contributed by atoms with Gasteiger partial charge in [-0.3, -0.25) is 18.9 Å². The predicted molar refractivity (Wildman–Crippen MR) is 75.7 cm³/mol. The number of alkyl halides is 2. The van der Waals surface area contributed by atoms with E-state index in [1.807, 2.05) is 0 Å². The van der Waals surface area contributed by atoms with Crippen molar-refractivity contribution in [3.05, 3.63) is 33.1 Å². The summed E-state index contributed by atoms with van der Waals surface area (Å²) in [6.07, 6.45) is 1.02. The van der Waals surface area contributed by atoms with Crippen LogP contribution in [0.25, 0.3) is 0 Å². The number of rotatable bonds is 4. The average Bonchev–Trinajstić information content (AvgIpc) is 2.68. The third-order valence-electron chi connectivity index (χ3n) is 3.30. The first kappa shape index (κ1) is 18.5. The Morgan fingerprint density at radius 3 is 2.71 bits per heavy atom. The third kappa shape index (κ3) is 3.19. The number of nitrogens with one attached hydrogen (secondary N) is 1. The maximum absolute atomic E-state index is 14.9. The van der Waals surface area contributed by atoms with Gasteiger partial charge in [-0.2, -0.15) is 0 Å². The topological polar surface area (TPSA) is 131 Å². The van der Waals surface area contributed by atoms with Crippen LogP contribution in [0, 0.1) is 12.3 Å². The maximum atomic E-state index is 14.9. The Bertz CT molecular complexity index is 843. The standard InChI is InChI=1S/C12H13F2N2O7P/c1-3-11(13)8(18)12(14,6-22-24(2,20)21)23-9(11)16-5-4-7(17)15-10(16)19/h1,4-5,8-9,18H,6H2,2H3,(H,20,21)(H,15,17,19). The Balaban J connectivity index is 2.46. The van der Waals surface area contributed by atoms with E-state index in [4.69, 9.17) is 16.1 Å². The second-order valence-electron chi connectivity index (χ2n) is 5.17. The number of nitrogens with zero attached hydrogens (tertiary/aromatic N) is 1. The molecule has 1 saturated heterocycles. The highest BCUT2D eigenvalue weighted by molar-refractivity contribution is 7.51. The van der Waals surface area contributed by atoms with E-state index in [2.05, 4.69) is 4.52 Å². The lowest BCUT2D eigenvalue weighted by atomic mass is 9.96. The van der Waals surface area contributed by atoms with Gasteiger partial charge in [0.2, 0.25) is 5.67 Å². The Morgan fingerprint density at radius 1 is 1.58 bits per heavy atom. The first-order valence-corrected chi connectivity index (χ1v) is 8.43. The van der Waals surface area contributed by atoms with Gasteiger partial charge in [0, 0.05) is 18.9 Å². The molecule has 132 valence electrons. The maximum Gasteiger partial charge on any atom is 0.330 e. The molecule has 0 aliphatic carbocycles. The van der Waals surface area contributed by atoms with E-state index < -0.39 is 49.3 Å². The molecule has 1 fully saturated rings. The van der Waals surface area contributed by atoms with Crippen molar-refractivity contribution in [3.8, 4) is 12.3 Å². The Hall–Kier alpha value is -1.83. The van der Waals surface area contributed by atoms with E-state index in [1.54, 1.807) is 4.98 Å². The fraction of sp³-hybridized carbons (Fsp3) is 0.500. The lowest BCUT2D eigenvalue weighted by Gasteiger charge is -2.24. The molecule has 0 radical (unpaired) electrons. The van der Waals surface area contributed by atoms with Crippen LogP contribution in [0.4, 0.5) is 8.78 Å². The number of aliphatic hydroxyl groups excluding tert-OH is 1. The van der Waals surface area contributed by atoms with Gasteiger partial charge in [-0.1, -0.05) is 5.92 Å². The lowest BCUT2D eigenvalue weighted by Crippen LogP contribution is -2.48. The summed E-state index contributed by atoms with van der Waals surface area (Å²) in [6, 6.07) is 0.830. The van der Waals surface area contributed by atoms with Crippen molar-refractivity contribution < 1.29 is 32.6 Å². The molecule has 1 aliphatic rings. The van der Waals surface area contributed by atoms with Gasteiger partial charge in [0.05, 0.1) is 0 Å². The average molecular weight is 366 g/mol. The highest BCUT2D eigenvalue weighted by Crippen LogP contribution is 2.49. The van der Waals surface area contributed by atoms with E-state index in [-0.39, 0.29) is 0 Å². The van der Waals surface area contributed by atoms with Crippen LogP contribution in [0.5, 0.6) is 0 Å². The zero-order chi connectivity index (χ0) is 18.3. The lowest BCUT2D eigenvalue weighted by molar-refractivity contribution is -0.203. The highest BCUT2D eigenvalue weighted by Gasteiger charge is 2.67. The van der Waals surface area contributed by atoms with Crippen LogP contribution in [0.1, 0.15) is 6.23 Å². The van der Waals surface area contributed by atoms with E-state index in [1.165, 1.54) is 5.92 Å². The van der Waals surface area contributed by atoms with E-state index in [9.17, 15) is 28.0 Å². The predicted octanol–water partition coefficient (Wildman–Crippen LogP) is -0.735. The van der Waals surface area contributed by atoms with Crippen molar-refractivity contribution in [1.29, 1.82) is 0 Å². The molecule has 1 aromatic heterocycles. The summed E-state index contributed by atoms with van der Waals surface area (Å²) in [5.74, 6) is -1.80. The van der Waals surface area contributed by atoms with Gasteiger partial charge in [-0.05, 0) is 0 Å². The van der Waals surface area contributed by atoms with Crippen LogP contribution in [0.2, 0.25) is 0 Å². The van der Waals surface area contributed by atoms with Gasteiger partial charge in [0.1, 0.15) is 6.61 Å². The highest BCUT2D eigenvalue weighted by atomic mass is 31.2. The number of H-pyrrole nitrogens is 1. The Labute approximate surface area is 133 Å². The molecule has 1 aliphatic heterocycles. The van der Waals surface area contributed by atoms with Crippen molar-refractivity contribution >= 4 is 7.60 Å². The summed E-state index contributed by atoms with van der Waals surface area (Å²) in [5, 5.41) is 9.89. The molecule has 1 aromatic rings. The van der Waals surface area contributed by atoms with Gasteiger partial charge >= 0.3 is 13.3 Å². The van der Waals surface area contributed by atoms with Gasteiger partial charge in [-0.25, -0.2) is 13.6 Å². The normalized spacial score (nSPS) is 35.3.